The van der Waals surface area contributed by atoms with Crippen molar-refractivity contribution in [2.24, 2.45) is 5.92 Å². The van der Waals surface area contributed by atoms with Crippen molar-refractivity contribution in [3.63, 3.8) is 0 Å². The maximum absolute atomic E-state index is 11.5. The Kier molecular flexibility index (Phi) is 3.86. The fourth-order valence-corrected chi connectivity index (χ4v) is 3.34. The van der Waals surface area contributed by atoms with E-state index in [-0.39, 0.29) is 6.09 Å². The van der Waals surface area contributed by atoms with Gasteiger partial charge in [0.1, 0.15) is 0 Å². The minimum Gasteiger partial charge on any atom is -0.453 e. The minimum absolute atomic E-state index is 0.197. The summed E-state index contributed by atoms with van der Waals surface area (Å²) in [5, 5.41) is 1.34. The van der Waals surface area contributed by atoms with Crippen LogP contribution in [0.3, 0.4) is 0 Å². The van der Waals surface area contributed by atoms with Gasteiger partial charge in [0.25, 0.3) is 0 Å². The number of amides is 1. The third kappa shape index (κ3) is 2.75. The summed E-state index contributed by atoms with van der Waals surface area (Å²) in [7, 11) is 1.45. The predicted molar refractivity (Wildman–Crippen MR) is 83.4 cm³/mol. The lowest BCUT2D eigenvalue weighted by molar-refractivity contribution is 0.106. The number of aryl methyl sites for hydroxylation is 1. The van der Waals surface area contributed by atoms with Crippen LogP contribution in [0.4, 0.5) is 4.79 Å². The summed E-state index contributed by atoms with van der Waals surface area (Å²) in [6, 6.07) is 8.49. The number of para-hydroxylation sites is 1. The van der Waals surface area contributed by atoms with E-state index in [0.29, 0.717) is 5.92 Å². The summed E-state index contributed by atoms with van der Waals surface area (Å²) in [4.78, 5) is 16.8. The van der Waals surface area contributed by atoms with E-state index >= 15 is 0 Å². The molecule has 1 fully saturated rings. The smallest absolute Gasteiger partial charge is 0.409 e. The molecule has 3 rings (SSSR count). The molecule has 4 nitrogen and oxygen atoms in total. The van der Waals surface area contributed by atoms with Gasteiger partial charge in [0.15, 0.2) is 0 Å². The molecular formula is C17H22N2O2. The molecule has 112 valence electrons. The predicted octanol–water partition coefficient (Wildman–Crippen LogP) is 3.50. The number of piperidine rings is 1. The van der Waals surface area contributed by atoms with Crippen molar-refractivity contribution in [3.05, 3.63) is 35.5 Å². The lowest BCUT2D eigenvalue weighted by Gasteiger charge is -2.31. The van der Waals surface area contributed by atoms with E-state index in [9.17, 15) is 4.79 Å². The molecule has 1 N–H and O–H groups in total. The van der Waals surface area contributed by atoms with Crippen molar-refractivity contribution in [2.45, 2.75) is 26.2 Å². The Hall–Kier alpha value is -1.97. The van der Waals surface area contributed by atoms with Crippen molar-refractivity contribution in [2.75, 3.05) is 20.2 Å². The molecule has 1 aliphatic rings. The van der Waals surface area contributed by atoms with E-state index in [4.69, 9.17) is 4.74 Å². The molecule has 0 spiro atoms. The molecule has 1 aromatic carbocycles. The van der Waals surface area contributed by atoms with Crippen LogP contribution in [-0.2, 0) is 11.2 Å². The van der Waals surface area contributed by atoms with Crippen LogP contribution in [0.2, 0.25) is 0 Å². The van der Waals surface area contributed by atoms with Gasteiger partial charge in [0, 0.05) is 29.7 Å². The molecule has 1 aliphatic heterocycles. The van der Waals surface area contributed by atoms with E-state index in [1.807, 2.05) is 0 Å². The molecule has 0 bridgehead atoms. The number of nitrogens with zero attached hydrogens (tertiary/aromatic N) is 1. The SMILES string of the molecule is COC(=O)N1CCC(Cc2c(C)[nH]c3ccccc23)CC1. The van der Waals surface area contributed by atoms with Gasteiger partial charge in [-0.05, 0) is 43.7 Å². The number of fused-ring (bicyclic) bond motifs is 1. The zero-order valence-electron chi connectivity index (χ0n) is 12.7. The number of hydrogen-bond donors (Lipinski definition) is 1. The highest BCUT2D eigenvalue weighted by molar-refractivity contribution is 5.84. The molecule has 21 heavy (non-hydrogen) atoms. The van der Waals surface area contributed by atoms with E-state index < -0.39 is 0 Å². The first-order chi connectivity index (χ1) is 10.2. The van der Waals surface area contributed by atoms with Gasteiger partial charge in [-0.1, -0.05) is 18.2 Å². The summed E-state index contributed by atoms with van der Waals surface area (Å²) in [6.45, 7) is 3.76. The van der Waals surface area contributed by atoms with Crippen molar-refractivity contribution in [3.8, 4) is 0 Å². The molecule has 0 atom stereocenters. The second-order valence-electron chi connectivity index (χ2n) is 5.88. The van der Waals surface area contributed by atoms with Crippen molar-refractivity contribution in [1.82, 2.24) is 9.88 Å². The van der Waals surface area contributed by atoms with Crippen LogP contribution in [0.15, 0.2) is 24.3 Å². The number of H-pyrrole nitrogens is 1. The molecular weight excluding hydrogens is 264 g/mol. The summed E-state index contributed by atoms with van der Waals surface area (Å²) in [5.74, 6) is 0.642. The number of ether oxygens (including phenoxy) is 1. The van der Waals surface area contributed by atoms with Crippen LogP contribution in [0.25, 0.3) is 10.9 Å². The Balaban J connectivity index is 1.70. The average molecular weight is 286 g/mol. The maximum Gasteiger partial charge on any atom is 0.409 e. The summed E-state index contributed by atoms with van der Waals surface area (Å²) >= 11 is 0. The lowest BCUT2D eigenvalue weighted by atomic mass is 9.89. The maximum atomic E-state index is 11.5. The number of likely N-dealkylation sites (tertiary alicyclic amines) is 1. The third-order valence-corrected chi connectivity index (χ3v) is 4.57. The van der Waals surface area contributed by atoms with Crippen LogP contribution < -0.4 is 0 Å². The number of methoxy groups -OCH3 is 1. The second kappa shape index (κ2) is 5.80. The van der Waals surface area contributed by atoms with Crippen molar-refractivity contribution in [1.29, 1.82) is 0 Å². The monoisotopic (exact) mass is 286 g/mol. The molecule has 1 aromatic heterocycles. The highest BCUT2D eigenvalue weighted by atomic mass is 16.5. The quantitative estimate of drug-likeness (QED) is 0.918. The number of nitrogens with one attached hydrogen (secondary N) is 1. The third-order valence-electron chi connectivity index (χ3n) is 4.57. The van der Waals surface area contributed by atoms with Crippen molar-refractivity contribution < 1.29 is 9.53 Å². The van der Waals surface area contributed by atoms with Crippen LogP contribution >= 0.6 is 0 Å². The summed E-state index contributed by atoms with van der Waals surface area (Å²) < 4.78 is 4.79. The first kappa shape index (κ1) is 14.0. The van der Waals surface area contributed by atoms with E-state index in [2.05, 4.69) is 36.2 Å². The Labute approximate surface area is 125 Å². The topological polar surface area (TPSA) is 45.3 Å². The molecule has 0 unspecified atom stereocenters. The first-order valence-electron chi connectivity index (χ1n) is 7.58. The largest absolute Gasteiger partial charge is 0.453 e. The van der Waals surface area contributed by atoms with Gasteiger partial charge in [-0.3, -0.25) is 0 Å². The van der Waals surface area contributed by atoms with Crippen LogP contribution in [0.1, 0.15) is 24.1 Å². The van der Waals surface area contributed by atoms with Gasteiger partial charge in [-0.15, -0.1) is 0 Å². The number of rotatable bonds is 2. The van der Waals surface area contributed by atoms with Crippen LogP contribution in [0, 0.1) is 12.8 Å². The molecule has 0 saturated carbocycles. The number of benzene rings is 1. The molecule has 4 heteroatoms. The van der Waals surface area contributed by atoms with E-state index in [0.717, 1.165) is 32.4 Å². The number of carbonyl (C=O) groups excluding carboxylic acids is 1. The summed E-state index contributed by atoms with van der Waals surface area (Å²) in [5.41, 5.74) is 3.92. The second-order valence-corrected chi connectivity index (χ2v) is 5.88. The average Bonchev–Trinajstić information content (AvgIpc) is 2.83. The Bertz CT molecular complexity index is 639. The number of hydrogen-bond acceptors (Lipinski definition) is 2. The molecule has 0 radical (unpaired) electrons. The fourth-order valence-electron chi connectivity index (χ4n) is 3.34. The Morgan fingerprint density at radius 1 is 1.33 bits per heavy atom. The first-order valence-corrected chi connectivity index (χ1v) is 7.58. The molecule has 2 aromatic rings. The zero-order valence-corrected chi connectivity index (χ0v) is 12.7. The van der Waals surface area contributed by atoms with Gasteiger partial charge in [-0.2, -0.15) is 0 Å². The van der Waals surface area contributed by atoms with E-state index in [1.165, 1.54) is 29.3 Å². The minimum atomic E-state index is -0.197. The Morgan fingerprint density at radius 3 is 2.76 bits per heavy atom. The standard InChI is InChI=1S/C17H22N2O2/c1-12-15(14-5-3-4-6-16(14)18-12)11-13-7-9-19(10-8-13)17(20)21-2/h3-6,13,18H,7-11H2,1-2H3. The highest BCUT2D eigenvalue weighted by Gasteiger charge is 2.24. The normalized spacial score (nSPS) is 16.4. The number of aromatic amines is 1. The molecule has 2 heterocycles. The van der Waals surface area contributed by atoms with Gasteiger partial charge in [-0.25, -0.2) is 4.79 Å². The number of aromatic nitrogens is 1. The van der Waals surface area contributed by atoms with E-state index in [1.54, 1.807) is 4.90 Å². The van der Waals surface area contributed by atoms with Gasteiger partial charge < -0.3 is 14.6 Å². The van der Waals surface area contributed by atoms with Gasteiger partial charge in [0.05, 0.1) is 7.11 Å². The lowest BCUT2D eigenvalue weighted by Crippen LogP contribution is -2.38. The van der Waals surface area contributed by atoms with Crippen molar-refractivity contribution >= 4 is 17.0 Å². The zero-order chi connectivity index (χ0) is 14.8. The number of carbonyl (C=O) groups is 1. The highest BCUT2D eigenvalue weighted by Crippen LogP contribution is 2.28. The van der Waals surface area contributed by atoms with Crippen LogP contribution in [-0.4, -0.2) is 36.2 Å². The fraction of sp³-hybridized carbons (Fsp3) is 0.471. The van der Waals surface area contributed by atoms with Gasteiger partial charge >= 0.3 is 6.09 Å². The summed E-state index contributed by atoms with van der Waals surface area (Å²) in [6.07, 6.45) is 2.99. The van der Waals surface area contributed by atoms with Crippen LogP contribution in [0.5, 0.6) is 0 Å². The molecule has 1 amide bonds. The molecule has 0 aliphatic carbocycles. The Morgan fingerprint density at radius 2 is 2.05 bits per heavy atom. The molecule has 1 saturated heterocycles. The van der Waals surface area contributed by atoms with Gasteiger partial charge in [0.2, 0.25) is 0 Å².